The van der Waals surface area contributed by atoms with Gasteiger partial charge in [0.2, 0.25) is 5.95 Å². The Bertz CT molecular complexity index is 1360. The van der Waals surface area contributed by atoms with E-state index < -0.39 is 9.84 Å². The highest BCUT2D eigenvalue weighted by Gasteiger charge is 2.16. The smallest absolute Gasteiger partial charge is 0.247 e. The van der Waals surface area contributed by atoms with Crippen molar-refractivity contribution >= 4 is 27.1 Å². The average molecular weight is 449 g/mol. The van der Waals surface area contributed by atoms with E-state index in [1.807, 2.05) is 36.4 Å². The molecule has 4 aromatic rings. The Labute approximate surface area is 187 Å². The number of ether oxygens (including phenoxy) is 1. The molecule has 0 spiro atoms. The van der Waals surface area contributed by atoms with Gasteiger partial charge in [0.1, 0.15) is 0 Å². The number of hydrogen-bond acceptors (Lipinski definition) is 6. The van der Waals surface area contributed by atoms with Crippen molar-refractivity contribution in [3.05, 3.63) is 72.3 Å². The summed E-state index contributed by atoms with van der Waals surface area (Å²) in [4.78, 5) is 4.86. The zero-order chi connectivity index (χ0) is 22.1. The molecule has 2 aromatic carbocycles. The third-order valence-corrected chi connectivity index (χ3v) is 6.89. The summed E-state index contributed by atoms with van der Waals surface area (Å²) in [6, 6.07) is 20.9. The molecule has 1 aliphatic rings. The van der Waals surface area contributed by atoms with Crippen LogP contribution in [0.15, 0.2) is 71.6 Å². The summed E-state index contributed by atoms with van der Waals surface area (Å²) < 4.78 is 31.1. The first-order chi connectivity index (χ1) is 15.5. The minimum absolute atomic E-state index is 0.273. The first-order valence-corrected chi connectivity index (χ1v) is 12.5. The number of sulfone groups is 1. The second-order valence-electron chi connectivity index (χ2n) is 8.05. The van der Waals surface area contributed by atoms with Crippen molar-refractivity contribution in [1.82, 2.24) is 14.6 Å². The highest BCUT2D eigenvalue weighted by molar-refractivity contribution is 7.90. The van der Waals surface area contributed by atoms with Crippen LogP contribution in [0, 0.1) is 0 Å². The van der Waals surface area contributed by atoms with Gasteiger partial charge in [-0.1, -0.05) is 30.3 Å². The molecular weight excluding hydrogens is 424 g/mol. The van der Waals surface area contributed by atoms with Crippen molar-refractivity contribution in [2.45, 2.75) is 23.7 Å². The molecular formula is C24H24N4O3S. The Morgan fingerprint density at radius 2 is 1.75 bits per heavy atom. The van der Waals surface area contributed by atoms with Gasteiger partial charge in [0.25, 0.3) is 0 Å². The Morgan fingerprint density at radius 1 is 1.00 bits per heavy atom. The van der Waals surface area contributed by atoms with Gasteiger partial charge in [-0.15, -0.1) is 5.10 Å². The maximum atomic E-state index is 12.0. The molecule has 5 rings (SSSR count). The van der Waals surface area contributed by atoms with Crippen LogP contribution in [0.2, 0.25) is 0 Å². The second kappa shape index (κ2) is 8.37. The molecule has 0 bridgehead atoms. The van der Waals surface area contributed by atoms with Crippen LogP contribution < -0.4 is 5.32 Å². The molecule has 0 aliphatic carbocycles. The van der Waals surface area contributed by atoms with E-state index in [4.69, 9.17) is 4.74 Å². The van der Waals surface area contributed by atoms with Crippen molar-refractivity contribution < 1.29 is 13.2 Å². The molecule has 1 N–H and O–H groups in total. The topological polar surface area (TPSA) is 85.6 Å². The van der Waals surface area contributed by atoms with Gasteiger partial charge in [-0.2, -0.15) is 4.98 Å². The van der Waals surface area contributed by atoms with E-state index >= 15 is 0 Å². The lowest BCUT2D eigenvalue weighted by atomic mass is 9.92. The summed E-state index contributed by atoms with van der Waals surface area (Å²) in [5, 5.41) is 7.89. The van der Waals surface area contributed by atoms with Crippen LogP contribution in [0.3, 0.4) is 0 Å². The lowest BCUT2D eigenvalue weighted by molar-refractivity contribution is 0.0853. The van der Waals surface area contributed by atoms with Gasteiger partial charge in [0.15, 0.2) is 15.5 Å². The first kappa shape index (κ1) is 20.7. The Hall–Kier alpha value is -3.23. The standard InChI is InChI=1S/C24H24N4O3S/c1-32(29,30)21-5-2-4-19(16-21)22-6-3-7-23-26-24(27-28(22)23)25-20-10-8-17(9-11-20)18-12-14-31-15-13-18/h2-11,16,18H,12-15H2,1H3,(H,25,27). The van der Waals surface area contributed by atoms with Gasteiger partial charge in [-0.3, -0.25) is 0 Å². The highest BCUT2D eigenvalue weighted by atomic mass is 32.2. The Balaban J connectivity index is 1.42. The summed E-state index contributed by atoms with van der Waals surface area (Å²) in [5.74, 6) is 1.03. The van der Waals surface area contributed by atoms with Crippen molar-refractivity contribution in [3.8, 4) is 11.3 Å². The van der Waals surface area contributed by atoms with Gasteiger partial charge in [0, 0.05) is 30.7 Å². The van der Waals surface area contributed by atoms with Gasteiger partial charge in [-0.25, -0.2) is 12.9 Å². The van der Waals surface area contributed by atoms with Crippen LogP contribution in [-0.2, 0) is 14.6 Å². The van der Waals surface area contributed by atoms with Gasteiger partial charge < -0.3 is 10.1 Å². The molecule has 0 amide bonds. The number of nitrogens with one attached hydrogen (secondary N) is 1. The fourth-order valence-corrected chi connectivity index (χ4v) is 4.73. The highest BCUT2D eigenvalue weighted by Crippen LogP contribution is 2.28. The summed E-state index contributed by atoms with van der Waals surface area (Å²) in [5.41, 5.74) is 4.44. The van der Waals surface area contributed by atoms with E-state index in [0.717, 1.165) is 43.0 Å². The average Bonchev–Trinajstić information content (AvgIpc) is 3.22. The van der Waals surface area contributed by atoms with Gasteiger partial charge in [0.05, 0.1) is 10.6 Å². The molecule has 3 heterocycles. The van der Waals surface area contributed by atoms with Crippen molar-refractivity contribution in [2.75, 3.05) is 24.8 Å². The van der Waals surface area contributed by atoms with E-state index in [9.17, 15) is 8.42 Å². The first-order valence-electron chi connectivity index (χ1n) is 10.6. The molecule has 32 heavy (non-hydrogen) atoms. The lowest BCUT2D eigenvalue weighted by Crippen LogP contribution is -2.13. The molecule has 0 saturated carbocycles. The Kier molecular flexibility index (Phi) is 5.40. The van der Waals surface area contributed by atoms with Crippen LogP contribution in [0.5, 0.6) is 0 Å². The van der Waals surface area contributed by atoms with Crippen LogP contribution in [0.4, 0.5) is 11.6 Å². The minimum atomic E-state index is -3.30. The molecule has 0 unspecified atom stereocenters. The zero-order valence-electron chi connectivity index (χ0n) is 17.7. The molecule has 0 atom stereocenters. The predicted molar refractivity (Wildman–Crippen MR) is 124 cm³/mol. The summed E-state index contributed by atoms with van der Waals surface area (Å²) in [7, 11) is -3.30. The molecule has 164 valence electrons. The van der Waals surface area contributed by atoms with Crippen molar-refractivity contribution in [3.63, 3.8) is 0 Å². The number of hydrogen-bond donors (Lipinski definition) is 1. The van der Waals surface area contributed by atoms with Crippen LogP contribution in [0.1, 0.15) is 24.3 Å². The largest absolute Gasteiger partial charge is 0.381 e. The second-order valence-corrected chi connectivity index (χ2v) is 10.1. The number of nitrogens with zero attached hydrogens (tertiary/aromatic N) is 3. The number of anilines is 2. The van der Waals surface area contributed by atoms with Crippen LogP contribution in [-0.4, -0.2) is 42.5 Å². The van der Waals surface area contributed by atoms with Gasteiger partial charge >= 0.3 is 0 Å². The van der Waals surface area contributed by atoms with Crippen LogP contribution in [0.25, 0.3) is 16.9 Å². The third kappa shape index (κ3) is 4.24. The normalized spacial score (nSPS) is 15.2. The molecule has 1 aliphatic heterocycles. The molecule has 1 fully saturated rings. The van der Waals surface area contributed by atoms with E-state index in [-0.39, 0.29) is 4.90 Å². The number of aromatic nitrogens is 3. The van der Waals surface area contributed by atoms with E-state index in [1.54, 1.807) is 22.7 Å². The van der Waals surface area contributed by atoms with E-state index in [0.29, 0.717) is 17.5 Å². The predicted octanol–water partition coefficient (Wildman–Crippen LogP) is 4.44. The van der Waals surface area contributed by atoms with Gasteiger partial charge in [-0.05, 0) is 60.7 Å². The monoisotopic (exact) mass is 448 g/mol. The maximum Gasteiger partial charge on any atom is 0.247 e. The van der Waals surface area contributed by atoms with Crippen molar-refractivity contribution in [2.24, 2.45) is 0 Å². The molecule has 7 nitrogen and oxygen atoms in total. The SMILES string of the molecule is CS(=O)(=O)c1cccc(-c2cccc3nc(Nc4ccc(C5CCOCC5)cc4)nn23)c1. The number of fused-ring (bicyclic) bond motifs is 1. The summed E-state index contributed by atoms with van der Waals surface area (Å²) in [6.45, 7) is 1.65. The van der Waals surface area contributed by atoms with E-state index in [1.165, 1.54) is 11.8 Å². The molecule has 1 saturated heterocycles. The summed E-state index contributed by atoms with van der Waals surface area (Å²) >= 11 is 0. The number of rotatable bonds is 5. The quantitative estimate of drug-likeness (QED) is 0.486. The Morgan fingerprint density at radius 3 is 2.50 bits per heavy atom. The maximum absolute atomic E-state index is 12.0. The number of benzene rings is 2. The number of pyridine rings is 1. The lowest BCUT2D eigenvalue weighted by Gasteiger charge is -2.22. The molecule has 2 aromatic heterocycles. The molecule has 0 radical (unpaired) electrons. The summed E-state index contributed by atoms with van der Waals surface area (Å²) in [6.07, 6.45) is 3.33. The van der Waals surface area contributed by atoms with E-state index in [2.05, 4.69) is 27.5 Å². The third-order valence-electron chi connectivity index (χ3n) is 5.78. The minimum Gasteiger partial charge on any atom is -0.381 e. The molecule has 8 heteroatoms. The zero-order valence-corrected chi connectivity index (χ0v) is 18.5. The fraction of sp³-hybridized carbons (Fsp3) is 0.250. The van der Waals surface area contributed by atoms with Crippen molar-refractivity contribution in [1.29, 1.82) is 0 Å². The fourth-order valence-electron chi connectivity index (χ4n) is 4.06. The van der Waals surface area contributed by atoms with Crippen LogP contribution >= 0.6 is 0 Å².